The summed E-state index contributed by atoms with van der Waals surface area (Å²) >= 11 is 0. The van der Waals surface area contributed by atoms with Crippen molar-refractivity contribution in [3.8, 4) is 0 Å². The summed E-state index contributed by atoms with van der Waals surface area (Å²) in [7, 11) is 3.05. The lowest BCUT2D eigenvalue weighted by Gasteiger charge is -2.23. The van der Waals surface area contributed by atoms with Crippen LogP contribution in [0.15, 0.2) is 18.5 Å². The average Bonchev–Trinajstić information content (AvgIpc) is 2.26. The average molecular weight is 222 g/mol. The van der Waals surface area contributed by atoms with Gasteiger partial charge in [-0.05, 0) is 17.0 Å². The van der Waals surface area contributed by atoms with E-state index in [4.69, 9.17) is 4.84 Å². The van der Waals surface area contributed by atoms with Gasteiger partial charge in [-0.2, -0.15) is 0 Å². The molecule has 1 aromatic heterocycles. The van der Waals surface area contributed by atoms with E-state index in [1.165, 1.54) is 12.2 Å². The number of carbonyl (C=O) groups is 1. The van der Waals surface area contributed by atoms with Crippen LogP contribution in [0.25, 0.3) is 0 Å². The molecule has 4 nitrogen and oxygen atoms in total. The molecule has 16 heavy (non-hydrogen) atoms. The van der Waals surface area contributed by atoms with Crippen molar-refractivity contribution in [2.24, 2.45) is 0 Å². The fourth-order valence-electron chi connectivity index (χ4n) is 1.47. The molecule has 0 bridgehead atoms. The molecule has 0 atom stereocenters. The summed E-state index contributed by atoms with van der Waals surface area (Å²) in [6, 6.07) is 1.87. The highest BCUT2D eigenvalue weighted by Crippen LogP contribution is 2.25. The number of amides is 1. The van der Waals surface area contributed by atoms with Gasteiger partial charge in [-0.1, -0.05) is 20.8 Å². The van der Waals surface area contributed by atoms with Gasteiger partial charge in [0.2, 0.25) is 0 Å². The molecule has 1 amide bonds. The summed E-state index contributed by atoms with van der Waals surface area (Å²) < 4.78 is 0. The van der Waals surface area contributed by atoms with Crippen molar-refractivity contribution >= 4 is 5.91 Å². The first-order chi connectivity index (χ1) is 7.38. The highest BCUT2D eigenvalue weighted by molar-refractivity contribution is 5.94. The van der Waals surface area contributed by atoms with E-state index in [9.17, 15) is 4.79 Å². The number of hydroxylamine groups is 2. The molecule has 88 valence electrons. The van der Waals surface area contributed by atoms with Gasteiger partial charge in [0.05, 0.1) is 12.7 Å². The second-order valence-electron chi connectivity index (χ2n) is 4.66. The van der Waals surface area contributed by atoms with Gasteiger partial charge in [-0.15, -0.1) is 0 Å². The Morgan fingerprint density at radius 1 is 1.44 bits per heavy atom. The molecule has 0 aromatic carbocycles. The van der Waals surface area contributed by atoms with Crippen molar-refractivity contribution in [1.82, 2.24) is 10.0 Å². The van der Waals surface area contributed by atoms with Crippen molar-refractivity contribution in [2.75, 3.05) is 14.2 Å². The number of pyridine rings is 1. The molecule has 1 rings (SSSR count). The van der Waals surface area contributed by atoms with Crippen molar-refractivity contribution in [3.05, 3.63) is 29.6 Å². The van der Waals surface area contributed by atoms with Crippen molar-refractivity contribution in [3.63, 3.8) is 0 Å². The highest BCUT2D eigenvalue weighted by atomic mass is 16.7. The Kier molecular flexibility index (Phi) is 3.65. The molecule has 0 saturated carbocycles. The largest absolute Gasteiger partial charge is 0.279 e. The van der Waals surface area contributed by atoms with Crippen LogP contribution in [0.2, 0.25) is 0 Å². The lowest BCUT2D eigenvalue weighted by molar-refractivity contribution is -0.0758. The summed E-state index contributed by atoms with van der Waals surface area (Å²) in [6.45, 7) is 6.18. The van der Waals surface area contributed by atoms with E-state index < -0.39 is 0 Å². The van der Waals surface area contributed by atoms with Gasteiger partial charge < -0.3 is 0 Å². The van der Waals surface area contributed by atoms with E-state index in [1.807, 2.05) is 6.07 Å². The lowest BCUT2D eigenvalue weighted by atomic mass is 9.84. The van der Waals surface area contributed by atoms with Crippen molar-refractivity contribution in [1.29, 1.82) is 0 Å². The van der Waals surface area contributed by atoms with E-state index in [2.05, 4.69) is 25.8 Å². The molecule has 0 aliphatic rings. The zero-order valence-electron chi connectivity index (χ0n) is 10.4. The van der Waals surface area contributed by atoms with E-state index >= 15 is 0 Å². The smallest absolute Gasteiger partial charge is 0.274 e. The fourth-order valence-corrected chi connectivity index (χ4v) is 1.47. The molecule has 0 unspecified atom stereocenters. The third-order valence-electron chi connectivity index (χ3n) is 2.42. The number of nitrogens with zero attached hydrogens (tertiary/aromatic N) is 2. The summed E-state index contributed by atoms with van der Waals surface area (Å²) in [5, 5.41) is 1.20. The molecule has 0 saturated heterocycles. The molecule has 0 radical (unpaired) electrons. The first-order valence-corrected chi connectivity index (χ1v) is 5.14. The Morgan fingerprint density at radius 2 is 2.06 bits per heavy atom. The minimum atomic E-state index is -0.180. The van der Waals surface area contributed by atoms with Crippen LogP contribution >= 0.6 is 0 Å². The molecule has 0 fully saturated rings. The van der Waals surface area contributed by atoms with Crippen LogP contribution in [0, 0.1) is 0 Å². The van der Waals surface area contributed by atoms with Gasteiger partial charge in [0.15, 0.2) is 0 Å². The normalized spacial score (nSPS) is 11.3. The number of hydrogen-bond acceptors (Lipinski definition) is 3. The Labute approximate surface area is 96.2 Å². The van der Waals surface area contributed by atoms with Gasteiger partial charge in [0.1, 0.15) is 0 Å². The third-order valence-corrected chi connectivity index (χ3v) is 2.42. The van der Waals surface area contributed by atoms with Crippen LogP contribution in [-0.2, 0) is 10.3 Å². The van der Waals surface area contributed by atoms with Crippen LogP contribution in [0.5, 0.6) is 0 Å². The minimum absolute atomic E-state index is 0.0947. The lowest BCUT2D eigenvalue weighted by Crippen LogP contribution is -2.28. The number of hydrogen-bond donors (Lipinski definition) is 0. The first kappa shape index (κ1) is 12.6. The zero-order chi connectivity index (χ0) is 12.3. The van der Waals surface area contributed by atoms with Crippen LogP contribution in [0.4, 0.5) is 0 Å². The van der Waals surface area contributed by atoms with Gasteiger partial charge in [0.25, 0.3) is 5.91 Å². The van der Waals surface area contributed by atoms with Crippen molar-refractivity contribution in [2.45, 2.75) is 26.2 Å². The second-order valence-corrected chi connectivity index (χ2v) is 4.66. The van der Waals surface area contributed by atoms with Gasteiger partial charge in [0, 0.05) is 19.4 Å². The van der Waals surface area contributed by atoms with Gasteiger partial charge >= 0.3 is 0 Å². The second kappa shape index (κ2) is 4.61. The molecular formula is C12H18N2O2. The highest BCUT2D eigenvalue weighted by Gasteiger charge is 2.23. The van der Waals surface area contributed by atoms with Crippen LogP contribution in [0.1, 0.15) is 36.7 Å². The summed E-state index contributed by atoms with van der Waals surface area (Å²) in [5.41, 5.74) is 1.46. The van der Waals surface area contributed by atoms with Crippen LogP contribution < -0.4 is 0 Å². The summed E-state index contributed by atoms with van der Waals surface area (Å²) in [4.78, 5) is 20.9. The summed E-state index contributed by atoms with van der Waals surface area (Å²) in [5.74, 6) is -0.180. The Hall–Kier alpha value is -1.42. The van der Waals surface area contributed by atoms with Crippen molar-refractivity contribution < 1.29 is 9.63 Å². The fraction of sp³-hybridized carbons (Fsp3) is 0.500. The third kappa shape index (κ3) is 2.58. The van der Waals surface area contributed by atoms with E-state index in [0.717, 1.165) is 5.56 Å². The SMILES string of the molecule is CON(C)C(=O)c1cnccc1C(C)(C)C. The monoisotopic (exact) mass is 222 g/mol. The molecular weight excluding hydrogens is 204 g/mol. The molecule has 0 N–H and O–H groups in total. The Balaban J connectivity index is 3.19. The standard InChI is InChI=1S/C12H18N2O2/c1-12(2,3)10-6-7-13-8-9(10)11(15)14(4)16-5/h6-8H,1-5H3. The van der Waals surface area contributed by atoms with E-state index in [-0.39, 0.29) is 11.3 Å². The maximum atomic E-state index is 12.0. The van der Waals surface area contributed by atoms with Crippen LogP contribution in [-0.4, -0.2) is 30.1 Å². The topological polar surface area (TPSA) is 42.4 Å². The number of rotatable bonds is 2. The zero-order valence-corrected chi connectivity index (χ0v) is 10.4. The molecule has 0 aliphatic heterocycles. The van der Waals surface area contributed by atoms with E-state index in [1.54, 1.807) is 19.4 Å². The van der Waals surface area contributed by atoms with E-state index in [0.29, 0.717) is 5.56 Å². The van der Waals surface area contributed by atoms with Gasteiger partial charge in [-0.25, -0.2) is 5.06 Å². The molecule has 4 heteroatoms. The molecule has 0 spiro atoms. The molecule has 1 heterocycles. The predicted molar refractivity (Wildman–Crippen MR) is 62.0 cm³/mol. The quantitative estimate of drug-likeness (QED) is 0.719. The first-order valence-electron chi connectivity index (χ1n) is 5.14. The predicted octanol–water partition coefficient (Wildman–Crippen LogP) is 2.01. The maximum Gasteiger partial charge on any atom is 0.279 e. The Morgan fingerprint density at radius 3 is 2.56 bits per heavy atom. The number of aromatic nitrogens is 1. The Bertz CT molecular complexity index is 383. The number of carbonyl (C=O) groups excluding carboxylic acids is 1. The van der Waals surface area contributed by atoms with Crippen LogP contribution in [0.3, 0.4) is 0 Å². The maximum absolute atomic E-state index is 12.0. The minimum Gasteiger partial charge on any atom is -0.274 e. The molecule has 0 aliphatic carbocycles. The van der Waals surface area contributed by atoms with Gasteiger partial charge in [-0.3, -0.25) is 14.6 Å². The summed E-state index contributed by atoms with van der Waals surface area (Å²) in [6.07, 6.45) is 3.28. The molecule has 1 aromatic rings.